The van der Waals surface area contributed by atoms with Gasteiger partial charge < -0.3 is 4.74 Å². The van der Waals surface area contributed by atoms with E-state index in [-0.39, 0.29) is 17.0 Å². The van der Waals surface area contributed by atoms with Crippen LogP contribution in [-0.4, -0.2) is 74.7 Å². The van der Waals surface area contributed by atoms with E-state index in [4.69, 9.17) is 4.74 Å². The molecule has 1 fully saturated rings. The smallest absolute Gasteiger partial charge is 0.356 e. The summed E-state index contributed by atoms with van der Waals surface area (Å²) in [6.45, 7) is 0. The second-order valence-electron chi connectivity index (χ2n) is 8.96. The van der Waals surface area contributed by atoms with E-state index in [1.54, 1.807) is 29.7 Å². The normalized spacial score (nSPS) is 19.2. The third-order valence-corrected chi connectivity index (χ3v) is 12.0. The summed E-state index contributed by atoms with van der Waals surface area (Å²) in [6, 6.07) is 18.6. The highest BCUT2D eigenvalue weighted by molar-refractivity contribution is 9.26. The van der Waals surface area contributed by atoms with Crippen LogP contribution in [0.2, 0.25) is 0 Å². The average Bonchev–Trinajstić information content (AvgIpc) is 3.39. The van der Waals surface area contributed by atoms with Gasteiger partial charge in [-0.3, -0.25) is 14.7 Å². The molecule has 2 aromatic carbocycles. The summed E-state index contributed by atoms with van der Waals surface area (Å²) < 4.78 is 7.21. The van der Waals surface area contributed by atoms with Gasteiger partial charge in [-0.2, -0.15) is 0 Å². The van der Waals surface area contributed by atoms with Crippen LogP contribution in [0.15, 0.2) is 82.1 Å². The fourth-order valence-corrected chi connectivity index (χ4v) is 6.94. The number of amides is 1. The van der Waals surface area contributed by atoms with Crippen LogP contribution >= 0.6 is 71.3 Å². The summed E-state index contributed by atoms with van der Waals surface area (Å²) in [4.78, 5) is 33.5. The maximum absolute atomic E-state index is 14.0. The third-order valence-electron chi connectivity index (χ3n) is 6.20. The Hall–Kier alpha value is -2.00. The van der Waals surface area contributed by atoms with E-state index in [2.05, 4.69) is 68.3 Å². The predicted octanol–water partition coefficient (Wildman–Crippen LogP) is 5.12. The van der Waals surface area contributed by atoms with E-state index < -0.39 is 21.3 Å². The minimum atomic E-state index is -0.640. The number of thioether (sulfide) groups is 2. The molecule has 1 amide bonds. The van der Waals surface area contributed by atoms with E-state index in [1.165, 1.54) is 16.7 Å². The fourth-order valence-electron chi connectivity index (χ4n) is 4.23. The van der Waals surface area contributed by atoms with Crippen LogP contribution in [0.4, 0.5) is 0 Å². The van der Waals surface area contributed by atoms with Crippen LogP contribution in [0.3, 0.4) is 0 Å². The summed E-state index contributed by atoms with van der Waals surface area (Å²) >= 11 is 13.4. The quantitative estimate of drug-likeness (QED) is 0.0921. The molecule has 3 heterocycles. The highest BCUT2D eigenvalue weighted by Crippen LogP contribution is 2.44. The Balaban J connectivity index is 1.47. The van der Waals surface area contributed by atoms with Crippen LogP contribution in [0.5, 0.6) is 0 Å². The zero-order valence-corrected chi connectivity index (χ0v) is 27.5. The van der Waals surface area contributed by atoms with Gasteiger partial charge >= 0.3 is 5.97 Å². The van der Waals surface area contributed by atoms with Crippen molar-refractivity contribution >= 4 is 89.4 Å². The Morgan fingerprint density at radius 3 is 2.42 bits per heavy atom. The molecule has 2 aliphatic heterocycles. The summed E-state index contributed by atoms with van der Waals surface area (Å²) in [5.41, 5.74) is 2.72. The molecule has 0 N–H and O–H groups in total. The molecule has 2 aliphatic rings. The number of fused-ring (bicyclic) bond motifs is 1. The fraction of sp³-hybridized carbons (Fsp3) is 0.308. The minimum Gasteiger partial charge on any atom is -0.448 e. The number of aliphatic imine (C=N–C) groups is 1. The largest absolute Gasteiger partial charge is 0.448 e. The lowest BCUT2D eigenvalue weighted by atomic mass is 10.0. The number of nitrogens with zero attached hydrogens (tertiary/aromatic N) is 6. The van der Waals surface area contributed by atoms with Crippen LogP contribution in [0.1, 0.15) is 17.2 Å². The van der Waals surface area contributed by atoms with Gasteiger partial charge in [-0.25, -0.2) is 9.48 Å². The summed E-state index contributed by atoms with van der Waals surface area (Å²) in [5, 5.41) is 12.5. The molecular formula is C26H23Br3N6O3S2. The average molecular weight is 771 g/mol. The number of halogens is 3. The van der Waals surface area contributed by atoms with Crippen molar-refractivity contribution in [2.45, 2.75) is 25.9 Å². The second-order valence-corrected chi connectivity index (χ2v) is 15.5. The van der Waals surface area contributed by atoms with Gasteiger partial charge in [0.25, 0.3) is 5.91 Å². The number of aryl methyl sites for hydroxylation is 1. The summed E-state index contributed by atoms with van der Waals surface area (Å²) in [7, 11) is 1.75. The van der Waals surface area contributed by atoms with Gasteiger partial charge in [-0.15, -0.1) is 16.9 Å². The number of carbonyl (C=O) groups is 2. The molecule has 1 saturated heterocycles. The van der Waals surface area contributed by atoms with Crippen molar-refractivity contribution < 1.29 is 14.3 Å². The molecule has 0 radical (unpaired) electrons. The summed E-state index contributed by atoms with van der Waals surface area (Å²) in [5.74, 6) is 0.162. The first-order chi connectivity index (χ1) is 19.3. The Labute approximate surface area is 265 Å². The molecule has 0 saturated carbocycles. The molecule has 1 aromatic heterocycles. The number of benzene rings is 2. The Bertz CT molecular complexity index is 1400. The van der Waals surface area contributed by atoms with Crippen molar-refractivity contribution in [3.8, 4) is 0 Å². The van der Waals surface area contributed by atoms with E-state index in [0.29, 0.717) is 22.0 Å². The maximum atomic E-state index is 14.0. The van der Waals surface area contributed by atoms with E-state index >= 15 is 0 Å². The highest BCUT2D eigenvalue weighted by atomic mass is 79.9. The number of ether oxygens (including phenoxy) is 1. The first-order valence-electron chi connectivity index (χ1n) is 12.1. The molecule has 0 spiro atoms. The lowest BCUT2D eigenvalue weighted by Crippen LogP contribution is -2.64. The molecule has 3 aromatic rings. The number of alkyl halides is 3. The highest BCUT2D eigenvalue weighted by Gasteiger charge is 2.54. The van der Waals surface area contributed by atoms with Crippen molar-refractivity contribution in [2.75, 3.05) is 16.8 Å². The topological polar surface area (TPSA) is 103 Å². The van der Waals surface area contributed by atoms with Gasteiger partial charge in [0.15, 0.2) is 12.1 Å². The number of esters is 1. The molecule has 0 bridgehead atoms. The number of β-lactam (4-membered cyclic amide) rings is 1. The zero-order valence-electron chi connectivity index (χ0n) is 21.1. The predicted molar refractivity (Wildman–Crippen MR) is 167 cm³/mol. The molecule has 0 unspecified atom stereocenters. The van der Waals surface area contributed by atoms with Crippen LogP contribution in [-0.2, 0) is 21.4 Å². The van der Waals surface area contributed by atoms with Gasteiger partial charge in [0, 0.05) is 30.1 Å². The van der Waals surface area contributed by atoms with Crippen molar-refractivity contribution in [3.05, 3.63) is 83.1 Å². The molecule has 14 heteroatoms. The van der Waals surface area contributed by atoms with E-state index in [1.807, 2.05) is 60.7 Å². The second kappa shape index (κ2) is 12.9. The molecule has 0 aliphatic carbocycles. The molecule has 208 valence electrons. The Morgan fingerprint density at radius 2 is 1.85 bits per heavy atom. The van der Waals surface area contributed by atoms with Gasteiger partial charge in [-0.05, 0) is 27.1 Å². The van der Waals surface area contributed by atoms with Crippen molar-refractivity contribution in [3.63, 3.8) is 0 Å². The van der Waals surface area contributed by atoms with Gasteiger partial charge in [-0.1, -0.05) is 120 Å². The Kier molecular flexibility index (Phi) is 9.50. The lowest BCUT2D eigenvalue weighted by Gasteiger charge is -2.48. The monoisotopic (exact) mass is 768 g/mol. The van der Waals surface area contributed by atoms with E-state index in [9.17, 15) is 9.59 Å². The molecule has 40 heavy (non-hydrogen) atoms. The third kappa shape index (κ3) is 6.40. The van der Waals surface area contributed by atoms with Gasteiger partial charge in [0.05, 0.1) is 0 Å². The first kappa shape index (κ1) is 29.5. The number of aromatic nitrogens is 4. The lowest BCUT2D eigenvalue weighted by molar-refractivity contribution is -0.153. The zero-order chi connectivity index (χ0) is 28.3. The molecule has 5 rings (SSSR count). The molecule has 9 nitrogen and oxygen atoms in total. The molecule has 2 atom stereocenters. The SMILES string of the molecule is Cn1nnnc1SCC1=C(C(=O)OC(c2ccccc2)c2ccccc2)N2C(=O)[C@@H](N=CC(Br)(Br)CBr)[C@@H]2SC1. The number of carbonyl (C=O) groups excluding carboxylic acids is 2. The number of hydrogen-bond donors (Lipinski definition) is 0. The summed E-state index contributed by atoms with van der Waals surface area (Å²) in [6.07, 6.45) is 1.02. The van der Waals surface area contributed by atoms with Gasteiger partial charge in [0.1, 0.15) is 14.3 Å². The van der Waals surface area contributed by atoms with Crippen LogP contribution < -0.4 is 0 Å². The molecular weight excluding hydrogens is 748 g/mol. The number of rotatable bonds is 10. The van der Waals surface area contributed by atoms with E-state index in [0.717, 1.165) is 16.7 Å². The van der Waals surface area contributed by atoms with Crippen molar-refractivity contribution in [1.29, 1.82) is 0 Å². The first-order valence-corrected chi connectivity index (χ1v) is 16.8. The number of tetrazole rings is 1. The van der Waals surface area contributed by atoms with Crippen LogP contribution in [0, 0.1) is 0 Å². The van der Waals surface area contributed by atoms with Crippen molar-refractivity contribution in [1.82, 2.24) is 25.1 Å². The Morgan fingerprint density at radius 1 is 1.20 bits per heavy atom. The standard InChI is InChI=1S/C26H23Br3N6O3S2/c1-34-25(31-32-33-34)40-13-18-12-39-23-19(30-15-26(28,29)14-27)22(36)35(23)20(18)24(37)38-21(16-8-4-2-5-9-16)17-10-6-3-7-11-17/h2-11,15,19,21,23H,12-14H2,1H3/t19-,23+/m1/s1. The number of hydrogen-bond acceptors (Lipinski definition) is 9. The maximum Gasteiger partial charge on any atom is 0.356 e. The van der Waals surface area contributed by atoms with Crippen LogP contribution in [0.25, 0.3) is 0 Å². The minimum absolute atomic E-state index is 0.246. The van der Waals surface area contributed by atoms with Gasteiger partial charge in [0.2, 0.25) is 5.16 Å². The van der Waals surface area contributed by atoms with Crippen molar-refractivity contribution in [2.24, 2.45) is 12.0 Å².